The van der Waals surface area contributed by atoms with Crippen molar-refractivity contribution in [3.63, 3.8) is 0 Å². The van der Waals surface area contributed by atoms with Gasteiger partial charge in [-0.1, -0.05) is 24.8 Å². The fraction of sp³-hybridized carbons (Fsp3) is 0.462. The molecule has 0 aromatic carbocycles. The lowest BCUT2D eigenvalue weighted by molar-refractivity contribution is -0.118. The van der Waals surface area contributed by atoms with Crippen LogP contribution < -0.4 is 5.32 Å². The number of nitrogens with one attached hydrogen (secondary N) is 1. The number of thiophene rings is 1. The van der Waals surface area contributed by atoms with Crippen molar-refractivity contribution >= 4 is 29.0 Å². The summed E-state index contributed by atoms with van der Waals surface area (Å²) in [5.74, 6) is 1.29. The summed E-state index contributed by atoms with van der Waals surface area (Å²) < 4.78 is 2.05. The standard InChI is InChI=1S/C13H18N4OS2/c1-3-7-14-11(18)9-20-13-16-15-12(17(13)4-2)10-6-5-8-19-10/h5-6,8H,3-4,7,9H2,1-2H3,(H,14,18). The number of rotatable bonds is 7. The fourth-order valence-corrected chi connectivity index (χ4v) is 3.26. The van der Waals surface area contributed by atoms with E-state index in [0.29, 0.717) is 5.75 Å². The van der Waals surface area contributed by atoms with Crippen LogP contribution in [-0.4, -0.2) is 33.0 Å². The lowest BCUT2D eigenvalue weighted by Crippen LogP contribution is -2.25. The molecular weight excluding hydrogens is 292 g/mol. The van der Waals surface area contributed by atoms with E-state index in [9.17, 15) is 4.79 Å². The van der Waals surface area contributed by atoms with E-state index in [1.807, 2.05) is 29.0 Å². The van der Waals surface area contributed by atoms with Crippen LogP contribution in [0.4, 0.5) is 0 Å². The van der Waals surface area contributed by atoms with E-state index in [1.165, 1.54) is 11.8 Å². The summed E-state index contributed by atoms with van der Waals surface area (Å²) in [4.78, 5) is 12.7. The molecule has 0 saturated heterocycles. The maximum Gasteiger partial charge on any atom is 0.230 e. The Balaban J connectivity index is 2.04. The molecule has 1 N–H and O–H groups in total. The van der Waals surface area contributed by atoms with Gasteiger partial charge in [-0.3, -0.25) is 4.79 Å². The van der Waals surface area contributed by atoms with Crippen molar-refractivity contribution in [1.29, 1.82) is 0 Å². The van der Waals surface area contributed by atoms with Gasteiger partial charge in [0.15, 0.2) is 11.0 Å². The van der Waals surface area contributed by atoms with E-state index < -0.39 is 0 Å². The highest BCUT2D eigenvalue weighted by atomic mass is 32.2. The Labute approximate surface area is 126 Å². The zero-order chi connectivity index (χ0) is 14.4. The molecular formula is C13H18N4OS2. The highest BCUT2D eigenvalue weighted by Gasteiger charge is 2.14. The predicted molar refractivity (Wildman–Crippen MR) is 83.0 cm³/mol. The minimum Gasteiger partial charge on any atom is -0.355 e. The molecule has 20 heavy (non-hydrogen) atoms. The van der Waals surface area contributed by atoms with Crippen molar-refractivity contribution in [2.24, 2.45) is 0 Å². The van der Waals surface area contributed by atoms with Gasteiger partial charge in [0.1, 0.15) is 0 Å². The Morgan fingerprint density at radius 3 is 2.95 bits per heavy atom. The molecule has 2 rings (SSSR count). The smallest absolute Gasteiger partial charge is 0.230 e. The van der Waals surface area contributed by atoms with Gasteiger partial charge in [-0.05, 0) is 24.8 Å². The molecule has 2 aromatic rings. The number of carbonyl (C=O) groups excluding carboxylic acids is 1. The molecule has 0 bridgehead atoms. The molecule has 0 atom stereocenters. The van der Waals surface area contributed by atoms with Crippen LogP contribution in [0.3, 0.4) is 0 Å². The summed E-state index contributed by atoms with van der Waals surface area (Å²) in [6, 6.07) is 4.03. The zero-order valence-electron chi connectivity index (χ0n) is 11.6. The predicted octanol–water partition coefficient (Wildman–Crippen LogP) is 2.64. The second-order valence-corrected chi connectivity index (χ2v) is 6.06. The molecule has 0 aliphatic carbocycles. The van der Waals surface area contributed by atoms with Gasteiger partial charge in [0, 0.05) is 13.1 Å². The summed E-state index contributed by atoms with van der Waals surface area (Å²) in [5.41, 5.74) is 0. The van der Waals surface area contributed by atoms with Crippen LogP contribution in [0.1, 0.15) is 20.3 Å². The summed E-state index contributed by atoms with van der Waals surface area (Å²) in [6.07, 6.45) is 0.948. The molecule has 0 fully saturated rings. The normalized spacial score (nSPS) is 10.7. The van der Waals surface area contributed by atoms with Gasteiger partial charge in [0.05, 0.1) is 10.6 Å². The molecule has 0 unspecified atom stereocenters. The molecule has 2 aromatic heterocycles. The maximum absolute atomic E-state index is 11.6. The molecule has 1 amide bonds. The third-order valence-electron chi connectivity index (χ3n) is 2.68. The van der Waals surface area contributed by atoms with Gasteiger partial charge < -0.3 is 9.88 Å². The van der Waals surface area contributed by atoms with Crippen LogP contribution in [0.15, 0.2) is 22.7 Å². The van der Waals surface area contributed by atoms with Gasteiger partial charge >= 0.3 is 0 Å². The molecule has 0 aliphatic rings. The average molecular weight is 310 g/mol. The largest absolute Gasteiger partial charge is 0.355 e. The first-order valence-electron chi connectivity index (χ1n) is 6.62. The second-order valence-electron chi connectivity index (χ2n) is 4.17. The minimum atomic E-state index is 0.0418. The minimum absolute atomic E-state index is 0.0418. The van der Waals surface area contributed by atoms with Crippen LogP contribution in [0, 0.1) is 0 Å². The van der Waals surface area contributed by atoms with Crippen molar-refractivity contribution < 1.29 is 4.79 Å². The summed E-state index contributed by atoms with van der Waals surface area (Å²) in [6.45, 7) is 5.61. The Morgan fingerprint density at radius 2 is 2.30 bits per heavy atom. The summed E-state index contributed by atoms with van der Waals surface area (Å²) in [5, 5.41) is 14.1. The highest BCUT2D eigenvalue weighted by molar-refractivity contribution is 7.99. The van der Waals surface area contributed by atoms with E-state index in [4.69, 9.17) is 0 Å². The number of thioether (sulfide) groups is 1. The number of amides is 1. The molecule has 0 radical (unpaired) electrons. The Hall–Kier alpha value is -1.34. The molecule has 0 saturated carbocycles. The lowest BCUT2D eigenvalue weighted by atomic mass is 10.4. The lowest BCUT2D eigenvalue weighted by Gasteiger charge is -2.06. The van der Waals surface area contributed by atoms with Crippen molar-refractivity contribution in [3.05, 3.63) is 17.5 Å². The molecule has 5 nitrogen and oxygen atoms in total. The molecule has 7 heteroatoms. The fourth-order valence-electron chi connectivity index (χ4n) is 1.71. The van der Waals surface area contributed by atoms with Crippen molar-refractivity contribution in [2.75, 3.05) is 12.3 Å². The molecule has 0 aliphatic heterocycles. The summed E-state index contributed by atoms with van der Waals surface area (Å²) >= 11 is 3.07. The van der Waals surface area contributed by atoms with Crippen molar-refractivity contribution in [3.8, 4) is 10.7 Å². The molecule has 2 heterocycles. The second kappa shape index (κ2) is 7.44. The average Bonchev–Trinajstić information content (AvgIpc) is 3.10. The zero-order valence-corrected chi connectivity index (χ0v) is 13.3. The van der Waals surface area contributed by atoms with Crippen LogP contribution in [0.5, 0.6) is 0 Å². The van der Waals surface area contributed by atoms with E-state index in [-0.39, 0.29) is 5.91 Å². The summed E-state index contributed by atoms with van der Waals surface area (Å²) in [7, 11) is 0. The van der Waals surface area contributed by atoms with Crippen LogP contribution in [0.25, 0.3) is 10.7 Å². The third kappa shape index (κ3) is 3.61. The number of carbonyl (C=O) groups is 1. The first-order chi connectivity index (χ1) is 9.76. The number of hydrogen-bond acceptors (Lipinski definition) is 5. The van der Waals surface area contributed by atoms with Gasteiger partial charge in [-0.2, -0.15) is 0 Å². The van der Waals surface area contributed by atoms with Gasteiger partial charge in [-0.15, -0.1) is 21.5 Å². The topological polar surface area (TPSA) is 59.8 Å². The van der Waals surface area contributed by atoms with Crippen LogP contribution in [0.2, 0.25) is 0 Å². The van der Waals surface area contributed by atoms with Gasteiger partial charge in [0.25, 0.3) is 0 Å². The quantitative estimate of drug-likeness (QED) is 0.799. The van der Waals surface area contributed by atoms with E-state index in [1.54, 1.807) is 11.3 Å². The van der Waals surface area contributed by atoms with Gasteiger partial charge in [-0.25, -0.2) is 0 Å². The van der Waals surface area contributed by atoms with Crippen LogP contribution >= 0.6 is 23.1 Å². The maximum atomic E-state index is 11.6. The number of aromatic nitrogens is 3. The number of nitrogens with zero attached hydrogens (tertiary/aromatic N) is 3. The molecule has 0 spiro atoms. The van der Waals surface area contributed by atoms with Gasteiger partial charge in [0.2, 0.25) is 5.91 Å². The SMILES string of the molecule is CCCNC(=O)CSc1nnc(-c2cccs2)n1CC. The molecule has 108 valence electrons. The van der Waals surface area contributed by atoms with Crippen LogP contribution in [-0.2, 0) is 11.3 Å². The van der Waals surface area contributed by atoms with Crippen molar-refractivity contribution in [2.45, 2.75) is 32.0 Å². The Morgan fingerprint density at radius 1 is 1.45 bits per heavy atom. The first kappa shape index (κ1) is 15.1. The van der Waals surface area contributed by atoms with E-state index in [2.05, 4.69) is 22.4 Å². The van der Waals surface area contributed by atoms with E-state index in [0.717, 1.165) is 35.4 Å². The van der Waals surface area contributed by atoms with E-state index >= 15 is 0 Å². The monoisotopic (exact) mass is 310 g/mol. The third-order valence-corrected chi connectivity index (χ3v) is 4.51. The first-order valence-corrected chi connectivity index (χ1v) is 8.49. The Kier molecular flexibility index (Phi) is 5.60. The Bertz CT molecular complexity index is 551. The highest BCUT2D eigenvalue weighted by Crippen LogP contribution is 2.26. The number of hydrogen-bond donors (Lipinski definition) is 1. The van der Waals surface area contributed by atoms with Crippen molar-refractivity contribution in [1.82, 2.24) is 20.1 Å².